The molecular weight excluding hydrogens is 184 g/mol. The summed E-state index contributed by atoms with van der Waals surface area (Å²) >= 11 is 0. The van der Waals surface area contributed by atoms with E-state index in [-0.39, 0.29) is 0 Å². The second kappa shape index (κ2) is 2.99. The number of hydrogen-bond donors (Lipinski definition) is 0. The zero-order valence-corrected chi connectivity index (χ0v) is 9.08. The molecule has 2 aromatic rings. The fraction of sp³-hybridized carbons (Fsp3) is 0.286. The lowest BCUT2D eigenvalue weighted by Crippen LogP contribution is -2.03. The minimum Gasteiger partial charge on any atom is -0.456 e. The van der Waals surface area contributed by atoms with E-state index in [1.807, 2.05) is 12.1 Å². The first-order chi connectivity index (χ1) is 7.25. The average Bonchev–Trinajstić information content (AvgIpc) is 2.57. The zero-order chi connectivity index (χ0) is 10.4. The second-order valence-electron chi connectivity index (χ2n) is 4.44. The van der Waals surface area contributed by atoms with Crippen molar-refractivity contribution in [1.82, 2.24) is 0 Å². The molecule has 15 heavy (non-hydrogen) atoms. The Balaban J connectivity index is 2.34. The van der Waals surface area contributed by atoms with Crippen LogP contribution in [0.5, 0.6) is 0 Å². The van der Waals surface area contributed by atoms with E-state index >= 15 is 0 Å². The van der Waals surface area contributed by atoms with Gasteiger partial charge < -0.3 is 4.42 Å². The Labute approximate surface area is 89.4 Å². The highest BCUT2D eigenvalue weighted by Crippen LogP contribution is 2.36. The number of benzene rings is 1. The van der Waals surface area contributed by atoms with Crippen molar-refractivity contribution in [2.45, 2.75) is 20.3 Å². The quantitative estimate of drug-likeness (QED) is 0.623. The molecule has 0 amide bonds. The van der Waals surface area contributed by atoms with Gasteiger partial charge >= 0.3 is 0 Å². The van der Waals surface area contributed by atoms with E-state index in [2.05, 4.69) is 32.1 Å². The SMILES string of the molecule is CC1=CC(C)Cc2c1oc1ccccc21. The highest BCUT2D eigenvalue weighted by molar-refractivity contribution is 5.87. The van der Waals surface area contributed by atoms with Crippen molar-refractivity contribution in [1.29, 1.82) is 0 Å². The van der Waals surface area contributed by atoms with Crippen LogP contribution >= 0.6 is 0 Å². The summed E-state index contributed by atoms with van der Waals surface area (Å²) in [5, 5.41) is 1.28. The van der Waals surface area contributed by atoms with Crippen LogP contribution in [0, 0.1) is 5.92 Å². The Kier molecular flexibility index (Phi) is 1.75. The third-order valence-corrected chi connectivity index (χ3v) is 3.12. The van der Waals surface area contributed by atoms with Crippen LogP contribution in [0.3, 0.4) is 0 Å². The molecule has 1 aliphatic rings. The van der Waals surface area contributed by atoms with Crippen LogP contribution in [0.25, 0.3) is 16.5 Å². The van der Waals surface area contributed by atoms with E-state index in [0.717, 1.165) is 17.8 Å². The van der Waals surface area contributed by atoms with Gasteiger partial charge in [0.2, 0.25) is 0 Å². The molecule has 0 saturated heterocycles. The predicted octanol–water partition coefficient (Wildman–Crippen LogP) is 4.03. The molecule has 1 aliphatic carbocycles. The molecule has 3 rings (SSSR count). The summed E-state index contributed by atoms with van der Waals surface area (Å²) in [6, 6.07) is 8.31. The van der Waals surface area contributed by atoms with Crippen molar-refractivity contribution in [2.24, 2.45) is 5.92 Å². The number of para-hydroxylation sites is 1. The van der Waals surface area contributed by atoms with Gasteiger partial charge in [-0.2, -0.15) is 0 Å². The molecule has 1 aromatic heterocycles. The largest absolute Gasteiger partial charge is 0.456 e. The molecule has 0 N–H and O–H groups in total. The van der Waals surface area contributed by atoms with Crippen LogP contribution in [-0.2, 0) is 6.42 Å². The number of furan rings is 1. The second-order valence-corrected chi connectivity index (χ2v) is 4.44. The van der Waals surface area contributed by atoms with Gasteiger partial charge in [0.1, 0.15) is 11.3 Å². The maximum Gasteiger partial charge on any atom is 0.135 e. The Hall–Kier alpha value is -1.50. The third-order valence-electron chi connectivity index (χ3n) is 3.12. The van der Waals surface area contributed by atoms with Gasteiger partial charge in [-0.25, -0.2) is 0 Å². The highest BCUT2D eigenvalue weighted by Gasteiger charge is 2.20. The Morgan fingerprint density at radius 1 is 1.27 bits per heavy atom. The monoisotopic (exact) mass is 198 g/mol. The van der Waals surface area contributed by atoms with Crippen molar-refractivity contribution < 1.29 is 4.42 Å². The summed E-state index contributed by atoms with van der Waals surface area (Å²) in [6.45, 7) is 4.39. The minimum atomic E-state index is 0.624. The van der Waals surface area contributed by atoms with Gasteiger partial charge in [0.15, 0.2) is 0 Å². The molecular formula is C14H14O. The van der Waals surface area contributed by atoms with Crippen LogP contribution < -0.4 is 0 Å². The van der Waals surface area contributed by atoms with Crippen molar-refractivity contribution >= 4 is 16.5 Å². The zero-order valence-electron chi connectivity index (χ0n) is 9.08. The summed E-state index contributed by atoms with van der Waals surface area (Å²) in [5.74, 6) is 1.72. The maximum absolute atomic E-state index is 5.88. The molecule has 1 nitrogen and oxygen atoms in total. The van der Waals surface area contributed by atoms with E-state index in [4.69, 9.17) is 4.42 Å². The lowest BCUT2D eigenvalue weighted by molar-refractivity contribution is 0.577. The maximum atomic E-state index is 5.88. The van der Waals surface area contributed by atoms with E-state index in [1.54, 1.807) is 0 Å². The summed E-state index contributed by atoms with van der Waals surface area (Å²) in [7, 11) is 0. The average molecular weight is 198 g/mol. The molecule has 0 spiro atoms. The van der Waals surface area contributed by atoms with Crippen molar-refractivity contribution in [3.8, 4) is 0 Å². The molecule has 1 heterocycles. The van der Waals surface area contributed by atoms with Crippen LogP contribution in [0.2, 0.25) is 0 Å². The van der Waals surface area contributed by atoms with Crippen molar-refractivity contribution in [3.05, 3.63) is 41.7 Å². The summed E-state index contributed by atoms with van der Waals surface area (Å²) in [6.07, 6.45) is 3.40. The highest BCUT2D eigenvalue weighted by atomic mass is 16.3. The van der Waals surface area contributed by atoms with E-state index in [1.165, 1.54) is 16.5 Å². The summed E-state index contributed by atoms with van der Waals surface area (Å²) in [5.41, 5.74) is 3.68. The first-order valence-corrected chi connectivity index (χ1v) is 5.45. The van der Waals surface area contributed by atoms with E-state index in [0.29, 0.717) is 5.92 Å². The molecule has 0 aliphatic heterocycles. The Morgan fingerprint density at radius 3 is 2.93 bits per heavy atom. The van der Waals surface area contributed by atoms with Gasteiger partial charge in [0, 0.05) is 10.9 Å². The smallest absolute Gasteiger partial charge is 0.135 e. The number of rotatable bonds is 0. The third kappa shape index (κ3) is 1.23. The van der Waals surface area contributed by atoms with Gasteiger partial charge in [-0.1, -0.05) is 31.2 Å². The number of hydrogen-bond acceptors (Lipinski definition) is 1. The van der Waals surface area contributed by atoms with Gasteiger partial charge in [-0.05, 0) is 30.9 Å². The first kappa shape index (κ1) is 8.78. The van der Waals surface area contributed by atoms with Crippen molar-refractivity contribution in [2.75, 3.05) is 0 Å². The van der Waals surface area contributed by atoms with Crippen LogP contribution in [0.1, 0.15) is 25.2 Å². The van der Waals surface area contributed by atoms with Crippen LogP contribution in [0.4, 0.5) is 0 Å². The molecule has 1 unspecified atom stereocenters. The minimum absolute atomic E-state index is 0.624. The molecule has 76 valence electrons. The lowest BCUT2D eigenvalue weighted by Gasteiger charge is -2.14. The van der Waals surface area contributed by atoms with Crippen LogP contribution in [0.15, 0.2) is 34.8 Å². The Morgan fingerprint density at radius 2 is 2.07 bits per heavy atom. The number of allylic oxidation sites excluding steroid dienone is 2. The predicted molar refractivity (Wildman–Crippen MR) is 62.7 cm³/mol. The molecule has 0 radical (unpaired) electrons. The molecule has 1 aromatic carbocycles. The number of fused-ring (bicyclic) bond motifs is 3. The molecule has 0 bridgehead atoms. The molecule has 1 heteroatoms. The van der Waals surface area contributed by atoms with Crippen LogP contribution in [-0.4, -0.2) is 0 Å². The van der Waals surface area contributed by atoms with E-state index < -0.39 is 0 Å². The summed E-state index contributed by atoms with van der Waals surface area (Å²) in [4.78, 5) is 0. The van der Waals surface area contributed by atoms with Gasteiger partial charge in [0.25, 0.3) is 0 Å². The fourth-order valence-corrected chi connectivity index (χ4v) is 2.50. The Bertz CT molecular complexity index is 545. The first-order valence-electron chi connectivity index (χ1n) is 5.45. The lowest BCUT2D eigenvalue weighted by atomic mass is 9.89. The summed E-state index contributed by atoms with van der Waals surface area (Å²) < 4.78 is 5.88. The molecule has 1 atom stereocenters. The van der Waals surface area contributed by atoms with Gasteiger partial charge in [0.05, 0.1) is 0 Å². The van der Waals surface area contributed by atoms with E-state index in [9.17, 15) is 0 Å². The normalized spacial score (nSPS) is 20.1. The van der Waals surface area contributed by atoms with Crippen molar-refractivity contribution in [3.63, 3.8) is 0 Å². The molecule has 0 fully saturated rings. The van der Waals surface area contributed by atoms with Gasteiger partial charge in [-0.3, -0.25) is 0 Å². The standard InChI is InChI=1S/C14H14O/c1-9-7-10(2)14-12(8-9)11-5-3-4-6-13(11)15-14/h3-7,9H,8H2,1-2H3. The molecule has 0 saturated carbocycles. The topological polar surface area (TPSA) is 13.1 Å². The van der Waals surface area contributed by atoms with Gasteiger partial charge in [-0.15, -0.1) is 0 Å². The fourth-order valence-electron chi connectivity index (χ4n) is 2.50.